The van der Waals surface area contributed by atoms with E-state index < -0.39 is 5.41 Å². The number of hydrogen-bond donors (Lipinski definition) is 0. The first-order valence-corrected chi connectivity index (χ1v) is 4.90. The molecule has 0 amide bonds. The van der Waals surface area contributed by atoms with Crippen LogP contribution in [0.4, 0.5) is 0 Å². The number of nitriles is 1. The Labute approximate surface area is 89.0 Å². The van der Waals surface area contributed by atoms with E-state index in [1.165, 1.54) is 0 Å². The van der Waals surface area contributed by atoms with Crippen LogP contribution in [-0.4, -0.2) is 9.61 Å². The topological polar surface area (TPSA) is 41.1 Å². The smallest absolute Gasteiger partial charge is 0.0781 e. The zero-order chi connectivity index (χ0) is 11.1. The van der Waals surface area contributed by atoms with Gasteiger partial charge in [0.25, 0.3) is 0 Å². The Balaban J connectivity index is 2.63. The number of fused-ring (bicyclic) bond motifs is 1. The first kappa shape index (κ1) is 9.72. The molecular formula is C12H13N3. The predicted molar refractivity (Wildman–Crippen MR) is 58.6 cm³/mol. The maximum atomic E-state index is 9.05. The molecule has 0 aliphatic rings. The summed E-state index contributed by atoms with van der Waals surface area (Å²) in [5.74, 6) is 0. The van der Waals surface area contributed by atoms with Gasteiger partial charge in [-0.15, -0.1) is 0 Å². The van der Waals surface area contributed by atoms with Gasteiger partial charge < -0.3 is 0 Å². The molecule has 2 aromatic heterocycles. The third-order valence-corrected chi connectivity index (χ3v) is 2.71. The highest BCUT2D eigenvalue weighted by molar-refractivity contribution is 5.54. The van der Waals surface area contributed by atoms with Crippen LogP contribution in [0.5, 0.6) is 0 Å². The van der Waals surface area contributed by atoms with Crippen molar-refractivity contribution in [3.63, 3.8) is 0 Å². The van der Waals surface area contributed by atoms with Gasteiger partial charge in [-0.3, -0.25) is 0 Å². The molecule has 0 N–H and O–H groups in total. The summed E-state index contributed by atoms with van der Waals surface area (Å²) in [5, 5.41) is 13.3. The van der Waals surface area contributed by atoms with Crippen LogP contribution in [0, 0.1) is 18.3 Å². The van der Waals surface area contributed by atoms with Crippen molar-refractivity contribution in [2.45, 2.75) is 26.2 Å². The zero-order valence-electron chi connectivity index (χ0n) is 9.15. The van der Waals surface area contributed by atoms with Crippen molar-refractivity contribution in [3.8, 4) is 6.07 Å². The average Bonchev–Trinajstić information content (AvgIpc) is 2.60. The standard InChI is InChI=1S/C12H13N3/c1-9-6-14-15-7-10(4-5-11(9)15)12(2,3)8-13/h4-7H,1-3H3. The summed E-state index contributed by atoms with van der Waals surface area (Å²) < 4.78 is 1.82. The van der Waals surface area contributed by atoms with Gasteiger partial charge in [0, 0.05) is 6.20 Å². The maximum absolute atomic E-state index is 9.05. The molecule has 0 aliphatic carbocycles. The van der Waals surface area contributed by atoms with Crippen molar-refractivity contribution in [3.05, 3.63) is 35.7 Å². The van der Waals surface area contributed by atoms with Gasteiger partial charge in [-0.2, -0.15) is 10.4 Å². The van der Waals surface area contributed by atoms with E-state index in [0.29, 0.717) is 0 Å². The highest BCUT2D eigenvalue weighted by Crippen LogP contribution is 2.23. The summed E-state index contributed by atoms with van der Waals surface area (Å²) in [5.41, 5.74) is 2.76. The third-order valence-electron chi connectivity index (χ3n) is 2.71. The first-order chi connectivity index (χ1) is 7.04. The normalized spacial score (nSPS) is 11.6. The SMILES string of the molecule is Cc1cnn2cc(C(C)(C)C#N)ccc12. The minimum atomic E-state index is -0.464. The van der Waals surface area contributed by atoms with Crippen LogP contribution in [0.15, 0.2) is 24.5 Å². The number of pyridine rings is 1. The second-order valence-corrected chi connectivity index (χ2v) is 4.31. The summed E-state index contributed by atoms with van der Waals surface area (Å²) in [7, 11) is 0. The fourth-order valence-electron chi connectivity index (χ4n) is 1.55. The average molecular weight is 199 g/mol. The highest BCUT2D eigenvalue weighted by Gasteiger charge is 2.20. The molecule has 76 valence electrons. The molecule has 0 unspecified atom stereocenters. The van der Waals surface area contributed by atoms with Crippen LogP contribution in [0.1, 0.15) is 25.0 Å². The number of hydrogen-bond acceptors (Lipinski definition) is 2. The fraction of sp³-hybridized carbons (Fsp3) is 0.333. The van der Waals surface area contributed by atoms with Gasteiger partial charge >= 0.3 is 0 Å². The minimum Gasteiger partial charge on any atom is -0.240 e. The van der Waals surface area contributed by atoms with E-state index >= 15 is 0 Å². The molecule has 0 radical (unpaired) electrons. The largest absolute Gasteiger partial charge is 0.240 e. The lowest BCUT2D eigenvalue weighted by atomic mass is 9.87. The number of nitrogens with zero attached hydrogens (tertiary/aromatic N) is 3. The molecule has 0 saturated heterocycles. The Bertz CT molecular complexity index is 543. The molecule has 2 rings (SSSR count). The van der Waals surface area contributed by atoms with E-state index in [1.807, 2.05) is 49.8 Å². The van der Waals surface area contributed by atoms with Crippen LogP contribution < -0.4 is 0 Å². The molecule has 2 heterocycles. The number of aromatic nitrogens is 2. The number of aryl methyl sites for hydroxylation is 1. The van der Waals surface area contributed by atoms with Crippen molar-refractivity contribution in [1.82, 2.24) is 9.61 Å². The van der Waals surface area contributed by atoms with Gasteiger partial charge in [0.1, 0.15) is 0 Å². The van der Waals surface area contributed by atoms with Crippen LogP contribution in [-0.2, 0) is 5.41 Å². The monoisotopic (exact) mass is 199 g/mol. The molecule has 3 nitrogen and oxygen atoms in total. The fourth-order valence-corrected chi connectivity index (χ4v) is 1.55. The lowest BCUT2D eigenvalue weighted by molar-refractivity contribution is 0.677. The van der Waals surface area contributed by atoms with Crippen molar-refractivity contribution < 1.29 is 0 Å². The second-order valence-electron chi connectivity index (χ2n) is 4.31. The molecule has 0 aromatic carbocycles. The Morgan fingerprint density at radius 2 is 2.13 bits per heavy atom. The van der Waals surface area contributed by atoms with E-state index in [-0.39, 0.29) is 0 Å². The molecule has 0 spiro atoms. The Kier molecular flexibility index (Phi) is 2.01. The van der Waals surface area contributed by atoms with Gasteiger partial charge in [0.2, 0.25) is 0 Å². The van der Waals surface area contributed by atoms with Gasteiger partial charge in [-0.05, 0) is 38.0 Å². The predicted octanol–water partition coefficient (Wildman–Crippen LogP) is 2.44. The lowest BCUT2D eigenvalue weighted by Gasteiger charge is -2.15. The quantitative estimate of drug-likeness (QED) is 0.707. The Hall–Kier alpha value is -1.82. The molecule has 3 heteroatoms. The van der Waals surface area contributed by atoms with Crippen LogP contribution in [0.25, 0.3) is 5.52 Å². The summed E-state index contributed by atoms with van der Waals surface area (Å²) in [6.07, 6.45) is 3.75. The summed E-state index contributed by atoms with van der Waals surface area (Å²) in [4.78, 5) is 0. The molecule has 0 saturated carbocycles. The van der Waals surface area contributed by atoms with Crippen molar-refractivity contribution in [1.29, 1.82) is 5.26 Å². The summed E-state index contributed by atoms with van der Waals surface area (Å²) >= 11 is 0. The van der Waals surface area contributed by atoms with Crippen molar-refractivity contribution in [2.24, 2.45) is 0 Å². The van der Waals surface area contributed by atoms with Gasteiger partial charge in [-0.1, -0.05) is 6.07 Å². The highest BCUT2D eigenvalue weighted by atomic mass is 15.2. The van der Waals surface area contributed by atoms with Crippen LogP contribution in [0.2, 0.25) is 0 Å². The first-order valence-electron chi connectivity index (χ1n) is 4.90. The number of rotatable bonds is 1. The molecule has 2 aromatic rings. The molecule has 0 atom stereocenters. The minimum absolute atomic E-state index is 0.464. The van der Waals surface area contributed by atoms with E-state index in [9.17, 15) is 0 Å². The van der Waals surface area contributed by atoms with E-state index in [0.717, 1.165) is 16.6 Å². The summed E-state index contributed by atoms with van der Waals surface area (Å²) in [6, 6.07) is 6.29. The molecule has 0 aliphatic heterocycles. The van der Waals surface area contributed by atoms with Crippen LogP contribution >= 0.6 is 0 Å². The van der Waals surface area contributed by atoms with Gasteiger partial charge in [-0.25, -0.2) is 4.52 Å². The van der Waals surface area contributed by atoms with Crippen molar-refractivity contribution >= 4 is 5.52 Å². The zero-order valence-corrected chi connectivity index (χ0v) is 9.15. The summed E-state index contributed by atoms with van der Waals surface area (Å²) in [6.45, 7) is 5.84. The second kappa shape index (κ2) is 3.09. The Morgan fingerprint density at radius 3 is 2.80 bits per heavy atom. The maximum Gasteiger partial charge on any atom is 0.0781 e. The third kappa shape index (κ3) is 1.48. The van der Waals surface area contributed by atoms with Gasteiger partial charge in [0.15, 0.2) is 0 Å². The Morgan fingerprint density at radius 1 is 1.40 bits per heavy atom. The van der Waals surface area contributed by atoms with E-state index in [4.69, 9.17) is 5.26 Å². The van der Waals surface area contributed by atoms with E-state index in [1.54, 1.807) is 0 Å². The van der Waals surface area contributed by atoms with Crippen molar-refractivity contribution in [2.75, 3.05) is 0 Å². The molecular weight excluding hydrogens is 186 g/mol. The molecule has 15 heavy (non-hydrogen) atoms. The molecule has 0 fully saturated rings. The van der Waals surface area contributed by atoms with Gasteiger partial charge in [0.05, 0.1) is 23.2 Å². The van der Waals surface area contributed by atoms with E-state index in [2.05, 4.69) is 11.2 Å². The molecule has 0 bridgehead atoms. The lowest BCUT2D eigenvalue weighted by Crippen LogP contribution is -2.14. The van der Waals surface area contributed by atoms with Crippen LogP contribution in [0.3, 0.4) is 0 Å².